The number of amides is 2. The zero-order valence-electron chi connectivity index (χ0n) is 22.7. The lowest BCUT2D eigenvalue weighted by molar-refractivity contribution is -0.148. The molecule has 14 heteroatoms. The summed E-state index contributed by atoms with van der Waals surface area (Å²) in [5.41, 5.74) is 0.427. The number of alkyl halides is 3. The van der Waals surface area contributed by atoms with E-state index in [9.17, 15) is 35.9 Å². The summed E-state index contributed by atoms with van der Waals surface area (Å²) >= 11 is 1.31. The molecular weight excluding hydrogens is 574 g/mol. The van der Waals surface area contributed by atoms with Crippen molar-refractivity contribution in [2.75, 3.05) is 6.54 Å². The first-order valence-corrected chi connectivity index (χ1v) is 13.6. The van der Waals surface area contributed by atoms with Crippen LogP contribution in [-0.2, 0) is 35.2 Å². The molecule has 1 aliphatic rings. The third kappa shape index (κ3) is 7.03. The normalized spacial score (nSPS) is 14.5. The van der Waals surface area contributed by atoms with E-state index in [1.807, 2.05) is 0 Å². The molecular formula is C27H28F6N4O3S. The second-order valence-corrected chi connectivity index (χ2v) is 11.5. The largest absolute Gasteiger partial charge is 0.449 e. The molecule has 1 atom stereocenters. The third-order valence-corrected chi connectivity index (χ3v) is 7.28. The molecule has 3 aromatic rings. The molecule has 0 aliphatic carbocycles. The molecule has 1 aliphatic heterocycles. The van der Waals surface area contributed by atoms with Gasteiger partial charge in [0, 0.05) is 42.6 Å². The van der Waals surface area contributed by atoms with Gasteiger partial charge in [-0.05, 0) is 56.7 Å². The van der Waals surface area contributed by atoms with Gasteiger partial charge < -0.3 is 19.5 Å². The smallest absolute Gasteiger partial charge is 0.444 e. The minimum Gasteiger partial charge on any atom is -0.444 e. The Morgan fingerprint density at radius 1 is 1.07 bits per heavy atom. The Hall–Kier alpha value is -3.55. The quantitative estimate of drug-likeness (QED) is 0.268. The summed E-state index contributed by atoms with van der Waals surface area (Å²) < 4.78 is 89.4. The molecule has 1 N–H and O–H groups in total. The number of nitrogens with one attached hydrogen (secondary N) is 1. The Morgan fingerprint density at radius 2 is 1.76 bits per heavy atom. The molecule has 2 aromatic heterocycles. The van der Waals surface area contributed by atoms with Gasteiger partial charge in [0.25, 0.3) is 0 Å². The molecule has 0 saturated heterocycles. The molecule has 2 amide bonds. The van der Waals surface area contributed by atoms with Gasteiger partial charge in [-0.3, -0.25) is 4.79 Å². The topological polar surface area (TPSA) is 76.5 Å². The second kappa shape index (κ2) is 11.4. The summed E-state index contributed by atoms with van der Waals surface area (Å²) in [6.07, 6.45) is -6.41. The Bertz CT molecular complexity index is 1460. The van der Waals surface area contributed by atoms with Crippen LogP contribution >= 0.6 is 11.3 Å². The van der Waals surface area contributed by atoms with Crippen molar-refractivity contribution in [3.8, 4) is 11.3 Å². The highest BCUT2D eigenvalue weighted by molar-refractivity contribution is 7.08. The van der Waals surface area contributed by atoms with Crippen LogP contribution in [0.5, 0.6) is 0 Å². The Balaban J connectivity index is 1.60. The summed E-state index contributed by atoms with van der Waals surface area (Å²) in [5.74, 6) is -5.37. The molecule has 4 rings (SSSR count). The number of thiophene rings is 1. The van der Waals surface area contributed by atoms with E-state index in [-0.39, 0.29) is 43.0 Å². The number of ether oxygens (including phenoxy) is 1. The van der Waals surface area contributed by atoms with E-state index in [1.54, 1.807) is 38.5 Å². The molecule has 0 spiro atoms. The number of carbonyl (C=O) groups excluding carboxylic acids is 2. The number of aryl methyl sites for hydroxylation is 1. The number of rotatable bonds is 6. The van der Waals surface area contributed by atoms with Gasteiger partial charge in [-0.1, -0.05) is 0 Å². The minimum atomic E-state index is -4.71. The maximum atomic E-state index is 14.4. The first kappa shape index (κ1) is 30.4. The van der Waals surface area contributed by atoms with Crippen LogP contribution in [0, 0.1) is 24.4 Å². The van der Waals surface area contributed by atoms with E-state index < -0.39 is 59.5 Å². The van der Waals surface area contributed by atoms with E-state index in [4.69, 9.17) is 4.74 Å². The number of fused-ring (bicyclic) bond motifs is 1. The fourth-order valence-corrected chi connectivity index (χ4v) is 5.42. The SMILES string of the molecule is Cc1cscc1-c1nc(C(F)(F)F)n2c1CN(C(=O)C[C@@H](Cc1cc(F)c(F)cc1F)NC(=O)OC(C)(C)C)CC2. The lowest BCUT2D eigenvalue weighted by Gasteiger charge is -2.31. The predicted octanol–water partition coefficient (Wildman–Crippen LogP) is 6.22. The summed E-state index contributed by atoms with van der Waals surface area (Å²) in [4.78, 5) is 31.1. The van der Waals surface area contributed by atoms with Gasteiger partial charge in [0.05, 0.1) is 17.9 Å². The maximum Gasteiger partial charge on any atom is 0.449 e. The first-order chi connectivity index (χ1) is 19.0. The number of hydrogen-bond donors (Lipinski definition) is 1. The molecule has 41 heavy (non-hydrogen) atoms. The van der Waals surface area contributed by atoms with Crippen molar-refractivity contribution in [2.45, 2.75) is 71.4 Å². The zero-order valence-corrected chi connectivity index (χ0v) is 23.5. The molecule has 0 bridgehead atoms. The highest BCUT2D eigenvalue weighted by Crippen LogP contribution is 2.37. The van der Waals surface area contributed by atoms with Crippen LogP contribution in [0.1, 0.15) is 49.8 Å². The third-order valence-electron chi connectivity index (χ3n) is 6.42. The molecule has 7 nitrogen and oxygen atoms in total. The lowest BCUT2D eigenvalue weighted by atomic mass is 10.0. The van der Waals surface area contributed by atoms with Gasteiger partial charge in [0.2, 0.25) is 11.7 Å². The number of imidazole rings is 1. The van der Waals surface area contributed by atoms with E-state index in [1.165, 1.54) is 16.2 Å². The van der Waals surface area contributed by atoms with E-state index in [0.29, 0.717) is 17.7 Å². The number of nitrogens with zero attached hydrogens (tertiary/aromatic N) is 3. The van der Waals surface area contributed by atoms with Crippen molar-refractivity contribution in [1.29, 1.82) is 0 Å². The molecule has 1 aromatic carbocycles. The monoisotopic (exact) mass is 602 g/mol. The number of carbonyl (C=O) groups is 2. The van der Waals surface area contributed by atoms with Crippen molar-refractivity contribution in [3.05, 3.63) is 63.0 Å². The van der Waals surface area contributed by atoms with Crippen molar-refractivity contribution in [1.82, 2.24) is 19.8 Å². The fourth-order valence-electron chi connectivity index (χ4n) is 4.59. The van der Waals surface area contributed by atoms with Gasteiger partial charge in [0.15, 0.2) is 11.6 Å². The number of hydrogen-bond acceptors (Lipinski definition) is 5. The van der Waals surface area contributed by atoms with Crippen molar-refractivity contribution in [3.63, 3.8) is 0 Å². The zero-order chi connectivity index (χ0) is 30.3. The van der Waals surface area contributed by atoms with Crippen molar-refractivity contribution in [2.24, 2.45) is 0 Å². The Labute approximate surface area is 236 Å². The molecule has 222 valence electrons. The number of aromatic nitrogens is 2. The predicted molar refractivity (Wildman–Crippen MR) is 138 cm³/mol. The lowest BCUT2D eigenvalue weighted by Crippen LogP contribution is -2.45. The van der Waals surface area contributed by atoms with Crippen LogP contribution in [-0.4, -0.2) is 44.6 Å². The molecule has 3 heterocycles. The fraction of sp³-hybridized carbons (Fsp3) is 0.444. The summed E-state index contributed by atoms with van der Waals surface area (Å²) in [5, 5.41) is 5.95. The summed E-state index contributed by atoms with van der Waals surface area (Å²) in [7, 11) is 0. The van der Waals surface area contributed by atoms with Gasteiger partial charge in [-0.25, -0.2) is 22.9 Å². The van der Waals surface area contributed by atoms with Crippen LogP contribution in [0.15, 0.2) is 22.9 Å². The molecule has 0 fully saturated rings. The minimum absolute atomic E-state index is 0.0774. The average Bonchev–Trinajstić information content (AvgIpc) is 3.43. The molecule has 0 saturated carbocycles. The Morgan fingerprint density at radius 3 is 2.37 bits per heavy atom. The second-order valence-electron chi connectivity index (χ2n) is 10.8. The van der Waals surface area contributed by atoms with Gasteiger partial charge in [0.1, 0.15) is 11.4 Å². The number of halogens is 6. The van der Waals surface area contributed by atoms with Crippen molar-refractivity contribution >= 4 is 23.3 Å². The van der Waals surface area contributed by atoms with E-state index >= 15 is 0 Å². The number of benzene rings is 1. The van der Waals surface area contributed by atoms with E-state index in [0.717, 1.165) is 10.1 Å². The highest BCUT2D eigenvalue weighted by atomic mass is 32.1. The molecule has 0 unspecified atom stereocenters. The number of alkyl carbamates (subject to hydrolysis) is 1. The Kier molecular flexibility index (Phi) is 8.44. The van der Waals surface area contributed by atoms with Crippen LogP contribution in [0.2, 0.25) is 0 Å². The van der Waals surface area contributed by atoms with Gasteiger partial charge >= 0.3 is 12.3 Å². The molecule has 0 radical (unpaired) electrons. The highest BCUT2D eigenvalue weighted by Gasteiger charge is 2.41. The van der Waals surface area contributed by atoms with Crippen LogP contribution < -0.4 is 5.32 Å². The van der Waals surface area contributed by atoms with Crippen LogP contribution in [0.25, 0.3) is 11.3 Å². The van der Waals surface area contributed by atoms with Crippen molar-refractivity contribution < 1.29 is 40.7 Å². The first-order valence-electron chi connectivity index (χ1n) is 12.6. The standard InChI is InChI=1S/C27H28F6N4O3S/c1-14-12-41-13-17(14)23-21-11-36(5-6-37(21)24(35-23)27(31,32)33)22(38)9-16(34-25(39)40-26(2,3)4)7-15-8-19(29)20(30)10-18(15)28/h8,10,12-13,16H,5-7,9,11H2,1-4H3,(H,34,39)/t16-/m1/s1. The maximum absolute atomic E-state index is 14.4. The van der Waals surface area contributed by atoms with Crippen LogP contribution in [0.3, 0.4) is 0 Å². The van der Waals surface area contributed by atoms with E-state index in [2.05, 4.69) is 10.3 Å². The van der Waals surface area contributed by atoms with Crippen LogP contribution in [0.4, 0.5) is 31.1 Å². The van der Waals surface area contributed by atoms with Gasteiger partial charge in [-0.2, -0.15) is 24.5 Å². The summed E-state index contributed by atoms with van der Waals surface area (Å²) in [6, 6.07) is -0.0884. The van der Waals surface area contributed by atoms with Gasteiger partial charge in [-0.15, -0.1) is 0 Å². The average molecular weight is 603 g/mol. The summed E-state index contributed by atoms with van der Waals surface area (Å²) in [6.45, 7) is 6.15.